The summed E-state index contributed by atoms with van der Waals surface area (Å²) in [5.74, 6) is 0. The zero-order valence-electron chi connectivity index (χ0n) is 15.4. The van der Waals surface area contributed by atoms with E-state index in [9.17, 15) is 9.90 Å². The Morgan fingerprint density at radius 3 is 2.54 bits per heavy atom. The summed E-state index contributed by atoms with van der Waals surface area (Å²) in [5.41, 5.74) is -0.0638. The van der Waals surface area contributed by atoms with Crippen LogP contribution < -0.4 is 0 Å². The van der Waals surface area contributed by atoms with Crippen LogP contribution in [0, 0.1) is 0 Å². The van der Waals surface area contributed by atoms with Gasteiger partial charge in [-0.3, -0.25) is 4.90 Å². The fourth-order valence-corrected chi connectivity index (χ4v) is 4.15. The van der Waals surface area contributed by atoms with Gasteiger partial charge in [-0.2, -0.15) is 0 Å². The van der Waals surface area contributed by atoms with Crippen LogP contribution in [0.2, 0.25) is 0 Å². The molecule has 2 aromatic rings. The fraction of sp³-hybridized carbons (Fsp3) is 0.550. The molecule has 0 spiro atoms. The molecular weight excluding hydrogens is 334 g/mol. The number of benzene rings is 1. The van der Waals surface area contributed by atoms with Crippen molar-refractivity contribution in [2.45, 2.75) is 56.9 Å². The summed E-state index contributed by atoms with van der Waals surface area (Å²) in [7, 11) is 0. The molecule has 6 nitrogen and oxygen atoms in total. The second-order valence-corrected chi connectivity index (χ2v) is 8.32. The molecule has 1 N–H and O–H groups in total. The lowest BCUT2D eigenvalue weighted by Gasteiger charge is -2.51. The summed E-state index contributed by atoms with van der Waals surface area (Å²) in [6.07, 6.45) is 2.10. The minimum atomic E-state index is -1.05. The first-order valence-corrected chi connectivity index (χ1v) is 9.05. The number of hydrogen-bond donors (Lipinski definition) is 1. The Morgan fingerprint density at radius 2 is 1.88 bits per heavy atom. The van der Waals surface area contributed by atoms with Crippen molar-refractivity contribution in [1.82, 2.24) is 4.90 Å². The summed E-state index contributed by atoms with van der Waals surface area (Å²) >= 11 is 0. The lowest BCUT2D eigenvalue weighted by molar-refractivity contribution is -0.140. The van der Waals surface area contributed by atoms with Gasteiger partial charge in [0.1, 0.15) is 11.2 Å². The van der Waals surface area contributed by atoms with Crippen molar-refractivity contribution in [1.29, 1.82) is 0 Å². The Balaban J connectivity index is 1.64. The van der Waals surface area contributed by atoms with Gasteiger partial charge in [0, 0.05) is 23.8 Å². The summed E-state index contributed by atoms with van der Waals surface area (Å²) in [6, 6.07) is 7.24. The Hall–Kier alpha value is -2.05. The minimum absolute atomic E-state index is 0.226. The molecule has 0 radical (unpaired) electrons. The van der Waals surface area contributed by atoms with Crippen LogP contribution in [-0.2, 0) is 15.1 Å². The van der Waals surface area contributed by atoms with Crippen LogP contribution >= 0.6 is 0 Å². The largest absolute Gasteiger partial charge is 0.464 e. The number of ether oxygens (including phenoxy) is 2. The van der Waals surface area contributed by atoms with Crippen molar-refractivity contribution in [3.63, 3.8) is 0 Å². The van der Waals surface area contributed by atoms with E-state index >= 15 is 0 Å². The number of fused-ring (bicyclic) bond motifs is 3. The minimum Gasteiger partial charge on any atom is -0.464 e. The molecule has 2 saturated heterocycles. The molecule has 2 aliphatic heterocycles. The van der Waals surface area contributed by atoms with Gasteiger partial charge in [0.05, 0.1) is 37.2 Å². The normalized spacial score (nSPS) is 29.0. The van der Waals surface area contributed by atoms with E-state index in [2.05, 4.69) is 0 Å². The van der Waals surface area contributed by atoms with Crippen molar-refractivity contribution in [2.75, 3.05) is 13.2 Å². The van der Waals surface area contributed by atoms with Gasteiger partial charge in [-0.05, 0) is 26.8 Å². The number of furan rings is 1. The van der Waals surface area contributed by atoms with Crippen molar-refractivity contribution in [2.24, 2.45) is 0 Å². The Labute approximate surface area is 152 Å². The number of rotatable bonds is 1. The number of nitrogens with zero attached hydrogens (tertiary/aromatic N) is 1. The number of hydrogen-bond acceptors (Lipinski definition) is 5. The SMILES string of the molecule is CC(C)(C)OC(=O)N1C2COCC1CC(O)(c1coc3ccccc13)C2. The first-order chi connectivity index (χ1) is 12.3. The van der Waals surface area contributed by atoms with Crippen LogP contribution in [0.5, 0.6) is 0 Å². The number of piperidine rings is 1. The fourth-order valence-electron chi connectivity index (χ4n) is 4.15. The summed E-state index contributed by atoms with van der Waals surface area (Å²) < 4.78 is 16.9. The second-order valence-electron chi connectivity index (χ2n) is 8.32. The van der Waals surface area contributed by atoms with Gasteiger partial charge in [0.2, 0.25) is 0 Å². The Kier molecular flexibility index (Phi) is 4.00. The first kappa shape index (κ1) is 17.4. The number of amides is 1. The van der Waals surface area contributed by atoms with Crippen LogP contribution in [0.15, 0.2) is 34.9 Å². The Morgan fingerprint density at radius 1 is 1.23 bits per heavy atom. The second kappa shape index (κ2) is 5.99. The third-order valence-corrected chi connectivity index (χ3v) is 5.14. The summed E-state index contributed by atoms with van der Waals surface area (Å²) in [4.78, 5) is 14.4. The highest BCUT2D eigenvalue weighted by atomic mass is 16.6. The van der Waals surface area contributed by atoms with Gasteiger partial charge < -0.3 is 19.0 Å². The van der Waals surface area contributed by atoms with E-state index in [1.54, 1.807) is 11.2 Å². The van der Waals surface area contributed by atoms with Crippen LogP contribution in [-0.4, -0.2) is 47.0 Å². The van der Waals surface area contributed by atoms with Crippen LogP contribution in [0.25, 0.3) is 11.0 Å². The predicted octanol–water partition coefficient (Wildman–Crippen LogP) is 3.42. The van der Waals surface area contributed by atoms with Crippen LogP contribution in [0.1, 0.15) is 39.2 Å². The highest BCUT2D eigenvalue weighted by Gasteiger charge is 2.50. The smallest absolute Gasteiger partial charge is 0.410 e. The van der Waals surface area contributed by atoms with Crippen molar-refractivity contribution >= 4 is 17.1 Å². The lowest BCUT2D eigenvalue weighted by atomic mass is 9.77. The van der Waals surface area contributed by atoms with E-state index in [4.69, 9.17) is 13.9 Å². The van der Waals surface area contributed by atoms with Gasteiger partial charge in [-0.1, -0.05) is 18.2 Å². The molecule has 1 amide bonds. The average Bonchev–Trinajstić information content (AvgIpc) is 2.97. The van der Waals surface area contributed by atoms with Crippen molar-refractivity contribution < 1.29 is 23.8 Å². The molecule has 2 atom stereocenters. The molecular formula is C20H25NO5. The number of aliphatic hydroxyl groups is 1. The number of carbonyl (C=O) groups is 1. The molecule has 1 aromatic heterocycles. The number of carbonyl (C=O) groups excluding carboxylic acids is 1. The van der Waals surface area contributed by atoms with E-state index in [-0.39, 0.29) is 18.2 Å². The molecule has 2 fully saturated rings. The maximum atomic E-state index is 12.7. The third kappa shape index (κ3) is 2.97. The van der Waals surface area contributed by atoms with E-state index < -0.39 is 11.2 Å². The molecule has 140 valence electrons. The van der Waals surface area contributed by atoms with E-state index in [1.807, 2.05) is 45.0 Å². The quantitative estimate of drug-likeness (QED) is 0.845. The van der Waals surface area contributed by atoms with Crippen molar-refractivity contribution in [3.05, 3.63) is 36.1 Å². The molecule has 6 heteroatoms. The molecule has 3 heterocycles. The number of para-hydroxylation sites is 1. The molecule has 0 saturated carbocycles. The van der Waals surface area contributed by atoms with Gasteiger partial charge in [0.25, 0.3) is 0 Å². The van der Waals surface area contributed by atoms with Gasteiger partial charge in [-0.25, -0.2) is 4.79 Å². The maximum Gasteiger partial charge on any atom is 0.410 e. The zero-order valence-corrected chi connectivity index (χ0v) is 15.4. The van der Waals surface area contributed by atoms with E-state index in [0.29, 0.717) is 26.1 Å². The Bertz CT molecular complexity index is 807. The number of morpholine rings is 1. The molecule has 26 heavy (non-hydrogen) atoms. The highest BCUT2D eigenvalue weighted by Crippen LogP contribution is 2.44. The molecule has 1 aromatic carbocycles. The predicted molar refractivity (Wildman–Crippen MR) is 95.8 cm³/mol. The lowest BCUT2D eigenvalue weighted by Crippen LogP contribution is -2.63. The standard InChI is InChI=1S/C20H25NO5/c1-19(2,3)26-18(22)21-13-8-20(23,9-14(21)11-24-10-13)16-12-25-17-7-5-4-6-15(16)17/h4-7,12-14,23H,8-11H2,1-3H3. The molecule has 2 unspecified atom stereocenters. The average molecular weight is 359 g/mol. The van der Waals surface area contributed by atoms with Crippen molar-refractivity contribution in [3.8, 4) is 0 Å². The third-order valence-electron chi connectivity index (χ3n) is 5.14. The van der Waals surface area contributed by atoms with E-state index in [0.717, 1.165) is 16.5 Å². The molecule has 4 rings (SSSR count). The van der Waals surface area contributed by atoms with Gasteiger partial charge >= 0.3 is 6.09 Å². The molecule has 2 bridgehead atoms. The summed E-state index contributed by atoms with van der Waals surface area (Å²) in [6.45, 7) is 6.36. The topological polar surface area (TPSA) is 72.1 Å². The summed E-state index contributed by atoms with van der Waals surface area (Å²) in [5, 5.41) is 12.4. The molecule has 2 aliphatic rings. The van der Waals surface area contributed by atoms with Gasteiger partial charge in [0.15, 0.2) is 0 Å². The van der Waals surface area contributed by atoms with Crippen LogP contribution in [0.4, 0.5) is 4.79 Å². The van der Waals surface area contributed by atoms with Gasteiger partial charge in [-0.15, -0.1) is 0 Å². The maximum absolute atomic E-state index is 12.7. The first-order valence-electron chi connectivity index (χ1n) is 9.05. The van der Waals surface area contributed by atoms with Crippen LogP contribution in [0.3, 0.4) is 0 Å². The monoisotopic (exact) mass is 359 g/mol. The van der Waals surface area contributed by atoms with E-state index in [1.165, 1.54) is 0 Å². The highest BCUT2D eigenvalue weighted by molar-refractivity contribution is 5.82. The molecule has 0 aliphatic carbocycles. The zero-order chi connectivity index (χ0) is 18.5.